The molecule has 2 rings (SSSR count). The topological polar surface area (TPSA) is 41.1 Å². The van der Waals surface area contributed by atoms with E-state index in [0.29, 0.717) is 17.8 Å². The molecule has 2 aliphatic rings. The predicted molar refractivity (Wildman–Crippen MR) is 72.4 cm³/mol. The summed E-state index contributed by atoms with van der Waals surface area (Å²) in [6.07, 6.45) is 4.26. The third kappa shape index (κ3) is 4.47. The van der Waals surface area contributed by atoms with Gasteiger partial charge in [-0.2, -0.15) is 0 Å². The van der Waals surface area contributed by atoms with Gasteiger partial charge in [0.1, 0.15) is 0 Å². The highest BCUT2D eigenvalue weighted by molar-refractivity contribution is 5.85. The summed E-state index contributed by atoms with van der Waals surface area (Å²) in [5.74, 6) is 1.68. The highest BCUT2D eigenvalue weighted by Crippen LogP contribution is 2.50. The number of amides is 1. The van der Waals surface area contributed by atoms with E-state index >= 15 is 0 Å². The zero-order valence-electron chi connectivity index (χ0n) is 10.9. The van der Waals surface area contributed by atoms with E-state index in [2.05, 4.69) is 24.5 Å². The first-order valence-corrected chi connectivity index (χ1v) is 6.55. The number of halogens is 1. The van der Waals surface area contributed by atoms with Crippen LogP contribution in [-0.4, -0.2) is 25.5 Å². The normalized spacial score (nSPS) is 29.5. The maximum absolute atomic E-state index is 11.6. The quantitative estimate of drug-likeness (QED) is 0.794. The molecular formula is C13H25ClN2O. The molecule has 1 aliphatic carbocycles. The minimum atomic E-state index is 0. The molecule has 2 atom stereocenters. The smallest absolute Gasteiger partial charge is 0.220 e. The molecule has 0 radical (unpaired) electrons. The molecule has 0 aromatic heterocycles. The van der Waals surface area contributed by atoms with Crippen LogP contribution in [0.5, 0.6) is 0 Å². The third-order valence-electron chi connectivity index (χ3n) is 4.21. The van der Waals surface area contributed by atoms with Crippen LogP contribution in [0.25, 0.3) is 0 Å². The van der Waals surface area contributed by atoms with Crippen molar-refractivity contribution in [3.63, 3.8) is 0 Å². The number of carbonyl (C=O) groups is 1. The fourth-order valence-electron chi connectivity index (χ4n) is 2.55. The maximum atomic E-state index is 11.6. The van der Waals surface area contributed by atoms with Crippen LogP contribution < -0.4 is 10.6 Å². The largest absolute Gasteiger partial charge is 0.356 e. The Morgan fingerprint density at radius 3 is 2.71 bits per heavy atom. The zero-order chi connectivity index (χ0) is 11.6. The van der Waals surface area contributed by atoms with Crippen molar-refractivity contribution in [3.05, 3.63) is 0 Å². The fourth-order valence-corrected chi connectivity index (χ4v) is 2.55. The summed E-state index contributed by atoms with van der Waals surface area (Å²) in [5.41, 5.74) is 0.475. The minimum Gasteiger partial charge on any atom is -0.356 e. The van der Waals surface area contributed by atoms with Gasteiger partial charge in [0.05, 0.1) is 0 Å². The number of hydrogen-bond donors (Lipinski definition) is 2. The van der Waals surface area contributed by atoms with Crippen LogP contribution in [0.2, 0.25) is 0 Å². The molecule has 1 saturated carbocycles. The molecule has 0 bridgehead atoms. The summed E-state index contributed by atoms with van der Waals surface area (Å²) in [4.78, 5) is 11.6. The number of carbonyl (C=O) groups excluding carboxylic acids is 1. The average Bonchev–Trinajstić information content (AvgIpc) is 2.70. The van der Waals surface area contributed by atoms with Gasteiger partial charge in [0, 0.05) is 13.0 Å². The standard InChI is InChI=1S/C13H24N2O.ClH/c1-13(2)7-11(13)9-15-12(16)4-3-10-5-6-14-8-10;/h10-11,14H,3-9H2,1-2H3,(H,15,16);1H. The molecular weight excluding hydrogens is 236 g/mol. The molecule has 0 spiro atoms. The molecule has 2 N–H and O–H groups in total. The van der Waals surface area contributed by atoms with Crippen LogP contribution in [0.3, 0.4) is 0 Å². The Kier molecular flexibility index (Phi) is 5.26. The Hall–Kier alpha value is -0.280. The van der Waals surface area contributed by atoms with Gasteiger partial charge in [-0.3, -0.25) is 4.79 Å². The fraction of sp³-hybridized carbons (Fsp3) is 0.923. The van der Waals surface area contributed by atoms with E-state index in [0.717, 1.165) is 32.0 Å². The first-order chi connectivity index (χ1) is 7.58. The van der Waals surface area contributed by atoms with E-state index < -0.39 is 0 Å². The van der Waals surface area contributed by atoms with Gasteiger partial charge in [-0.1, -0.05) is 13.8 Å². The van der Waals surface area contributed by atoms with E-state index in [1.807, 2.05) is 0 Å². The van der Waals surface area contributed by atoms with Gasteiger partial charge in [0.25, 0.3) is 0 Å². The monoisotopic (exact) mass is 260 g/mol. The molecule has 2 unspecified atom stereocenters. The lowest BCUT2D eigenvalue weighted by Gasteiger charge is -2.09. The molecule has 1 heterocycles. The summed E-state index contributed by atoms with van der Waals surface area (Å²) in [5, 5.41) is 6.40. The number of rotatable bonds is 5. The van der Waals surface area contributed by atoms with E-state index in [-0.39, 0.29) is 18.3 Å². The van der Waals surface area contributed by atoms with Crippen LogP contribution in [0.4, 0.5) is 0 Å². The highest BCUT2D eigenvalue weighted by atomic mass is 35.5. The van der Waals surface area contributed by atoms with Crippen LogP contribution in [0.15, 0.2) is 0 Å². The molecule has 100 valence electrons. The van der Waals surface area contributed by atoms with Gasteiger partial charge >= 0.3 is 0 Å². The van der Waals surface area contributed by atoms with Crippen LogP contribution in [-0.2, 0) is 4.79 Å². The molecule has 17 heavy (non-hydrogen) atoms. The van der Waals surface area contributed by atoms with Gasteiger partial charge in [0.2, 0.25) is 5.91 Å². The second-order valence-electron chi connectivity index (χ2n) is 6.09. The van der Waals surface area contributed by atoms with E-state index in [9.17, 15) is 4.79 Å². The molecule has 0 aromatic carbocycles. The van der Waals surface area contributed by atoms with Crippen molar-refractivity contribution in [3.8, 4) is 0 Å². The predicted octanol–water partition coefficient (Wildman–Crippen LogP) is 1.96. The van der Waals surface area contributed by atoms with Crippen LogP contribution >= 0.6 is 12.4 Å². The summed E-state index contributed by atoms with van der Waals surface area (Å²) in [7, 11) is 0. The third-order valence-corrected chi connectivity index (χ3v) is 4.21. The number of hydrogen-bond acceptors (Lipinski definition) is 2. The van der Waals surface area contributed by atoms with E-state index in [4.69, 9.17) is 0 Å². The molecule has 4 heteroatoms. The van der Waals surface area contributed by atoms with Crippen molar-refractivity contribution in [1.29, 1.82) is 0 Å². The van der Waals surface area contributed by atoms with Crippen molar-refractivity contribution in [2.75, 3.05) is 19.6 Å². The van der Waals surface area contributed by atoms with E-state index in [1.54, 1.807) is 0 Å². The molecule has 1 aliphatic heterocycles. The second-order valence-corrected chi connectivity index (χ2v) is 6.09. The van der Waals surface area contributed by atoms with Gasteiger partial charge in [0.15, 0.2) is 0 Å². The zero-order valence-corrected chi connectivity index (χ0v) is 11.7. The maximum Gasteiger partial charge on any atom is 0.220 e. The molecule has 1 amide bonds. The highest BCUT2D eigenvalue weighted by Gasteiger charge is 2.45. The SMILES string of the molecule is CC1(C)CC1CNC(=O)CCC1CCNC1.Cl. The Balaban J connectivity index is 0.00000144. The van der Waals surface area contributed by atoms with Gasteiger partial charge in [-0.25, -0.2) is 0 Å². The summed E-state index contributed by atoms with van der Waals surface area (Å²) < 4.78 is 0. The molecule has 1 saturated heterocycles. The Bertz CT molecular complexity index is 251. The summed E-state index contributed by atoms with van der Waals surface area (Å²) in [6, 6.07) is 0. The van der Waals surface area contributed by atoms with Crippen molar-refractivity contribution in [1.82, 2.24) is 10.6 Å². The van der Waals surface area contributed by atoms with Gasteiger partial charge in [-0.15, -0.1) is 12.4 Å². The average molecular weight is 261 g/mol. The van der Waals surface area contributed by atoms with Gasteiger partial charge in [-0.05, 0) is 49.6 Å². The van der Waals surface area contributed by atoms with E-state index in [1.165, 1.54) is 12.8 Å². The first kappa shape index (κ1) is 14.8. The van der Waals surface area contributed by atoms with Crippen molar-refractivity contribution >= 4 is 18.3 Å². The first-order valence-electron chi connectivity index (χ1n) is 6.55. The van der Waals surface area contributed by atoms with Crippen LogP contribution in [0.1, 0.15) is 39.5 Å². The van der Waals surface area contributed by atoms with Crippen molar-refractivity contribution in [2.45, 2.75) is 39.5 Å². The lowest BCUT2D eigenvalue weighted by atomic mass is 10.0. The lowest BCUT2D eigenvalue weighted by Crippen LogP contribution is -2.27. The van der Waals surface area contributed by atoms with Gasteiger partial charge < -0.3 is 10.6 Å². The van der Waals surface area contributed by atoms with Crippen molar-refractivity contribution in [2.24, 2.45) is 17.3 Å². The molecule has 3 nitrogen and oxygen atoms in total. The van der Waals surface area contributed by atoms with Crippen LogP contribution in [0, 0.1) is 17.3 Å². The van der Waals surface area contributed by atoms with Crippen molar-refractivity contribution < 1.29 is 4.79 Å². The Labute approximate surface area is 111 Å². The molecule has 0 aromatic rings. The Morgan fingerprint density at radius 1 is 1.47 bits per heavy atom. The molecule has 2 fully saturated rings. The lowest BCUT2D eigenvalue weighted by molar-refractivity contribution is -0.121. The Morgan fingerprint density at radius 2 is 2.18 bits per heavy atom. The number of nitrogens with one attached hydrogen (secondary N) is 2. The summed E-state index contributed by atoms with van der Waals surface area (Å²) in [6.45, 7) is 7.66. The second kappa shape index (κ2) is 6.05. The summed E-state index contributed by atoms with van der Waals surface area (Å²) >= 11 is 0. The minimum absolute atomic E-state index is 0.